The minimum atomic E-state index is -0.820. The van der Waals surface area contributed by atoms with Gasteiger partial charge in [-0.15, -0.1) is 0 Å². The molecular formula is C32H45N3O4. The largest absolute Gasteiger partial charge is 0.444 e. The van der Waals surface area contributed by atoms with Crippen LogP contribution in [-0.2, 0) is 20.9 Å². The number of rotatable bonds is 10. The maximum atomic E-state index is 14.5. The van der Waals surface area contributed by atoms with E-state index >= 15 is 0 Å². The quantitative estimate of drug-likeness (QED) is 0.392. The zero-order valence-corrected chi connectivity index (χ0v) is 24.5. The highest BCUT2D eigenvalue weighted by molar-refractivity contribution is 5.93. The van der Waals surface area contributed by atoms with Crippen molar-refractivity contribution in [3.05, 3.63) is 70.8 Å². The van der Waals surface area contributed by atoms with Gasteiger partial charge in [0.05, 0.1) is 0 Å². The summed E-state index contributed by atoms with van der Waals surface area (Å²) in [6, 6.07) is 13.9. The van der Waals surface area contributed by atoms with Crippen molar-refractivity contribution < 1.29 is 19.1 Å². The fraction of sp³-hybridized carbons (Fsp3) is 0.531. The first-order valence-corrected chi connectivity index (χ1v) is 14.1. The summed E-state index contributed by atoms with van der Waals surface area (Å²) in [5, 5.41) is 5.96. The normalized spacial score (nSPS) is 15.9. The summed E-state index contributed by atoms with van der Waals surface area (Å²) in [7, 11) is 0. The van der Waals surface area contributed by atoms with Crippen LogP contribution in [0.1, 0.15) is 88.6 Å². The molecule has 3 unspecified atom stereocenters. The molecule has 0 heterocycles. The van der Waals surface area contributed by atoms with E-state index in [4.69, 9.17) is 4.74 Å². The first-order chi connectivity index (χ1) is 18.4. The van der Waals surface area contributed by atoms with E-state index in [1.54, 1.807) is 25.7 Å². The maximum Gasteiger partial charge on any atom is 0.408 e. The van der Waals surface area contributed by atoms with Gasteiger partial charge < -0.3 is 20.3 Å². The van der Waals surface area contributed by atoms with E-state index in [2.05, 4.69) is 10.6 Å². The monoisotopic (exact) mass is 535 g/mol. The van der Waals surface area contributed by atoms with E-state index in [1.807, 2.05) is 76.2 Å². The highest BCUT2D eigenvalue weighted by Crippen LogP contribution is 2.36. The summed E-state index contributed by atoms with van der Waals surface area (Å²) in [6.45, 7) is 13.6. The summed E-state index contributed by atoms with van der Waals surface area (Å²) < 4.78 is 5.51. The molecule has 3 atom stereocenters. The second-order valence-corrected chi connectivity index (χ2v) is 11.8. The number of hydrogen-bond donors (Lipinski definition) is 2. The van der Waals surface area contributed by atoms with Crippen LogP contribution in [-0.4, -0.2) is 40.5 Å². The van der Waals surface area contributed by atoms with Gasteiger partial charge in [0.1, 0.15) is 17.7 Å². The first kappa shape index (κ1) is 30.2. The molecule has 1 fully saturated rings. The molecule has 3 amide bonds. The minimum absolute atomic E-state index is 0.0871. The van der Waals surface area contributed by atoms with Gasteiger partial charge >= 0.3 is 6.09 Å². The van der Waals surface area contributed by atoms with Gasteiger partial charge in [-0.25, -0.2) is 4.79 Å². The van der Waals surface area contributed by atoms with E-state index in [9.17, 15) is 14.4 Å². The lowest BCUT2D eigenvalue weighted by atomic mass is 9.85. The lowest BCUT2D eigenvalue weighted by Crippen LogP contribution is -2.59. The van der Waals surface area contributed by atoms with Gasteiger partial charge in [-0.05, 0) is 82.1 Å². The number of alkyl carbamates (subject to hydrolysis) is 1. The molecule has 3 rings (SSSR count). The molecule has 39 heavy (non-hydrogen) atoms. The van der Waals surface area contributed by atoms with Gasteiger partial charge in [0.2, 0.25) is 11.8 Å². The van der Waals surface area contributed by atoms with Crippen molar-refractivity contribution in [3.63, 3.8) is 0 Å². The Bertz CT molecular complexity index is 1120. The third-order valence-corrected chi connectivity index (χ3v) is 7.53. The Kier molecular flexibility index (Phi) is 10.2. The second-order valence-electron chi connectivity index (χ2n) is 11.8. The van der Waals surface area contributed by atoms with Gasteiger partial charge in [-0.1, -0.05) is 68.8 Å². The zero-order chi connectivity index (χ0) is 28.7. The van der Waals surface area contributed by atoms with Crippen LogP contribution in [0.15, 0.2) is 48.5 Å². The number of hydrogen-bond acceptors (Lipinski definition) is 4. The molecule has 1 saturated carbocycles. The number of carbonyl (C=O) groups excluding carboxylic acids is 3. The number of nitrogens with one attached hydrogen (secondary N) is 2. The van der Waals surface area contributed by atoms with Gasteiger partial charge in [-0.2, -0.15) is 0 Å². The minimum Gasteiger partial charge on any atom is -0.444 e. The number of amides is 3. The molecule has 0 spiro atoms. The van der Waals surface area contributed by atoms with Crippen LogP contribution in [0.5, 0.6) is 0 Å². The Hall–Kier alpha value is -3.35. The number of nitrogens with zero attached hydrogens (tertiary/aromatic N) is 1. The standard InChI is InChI=1S/C32H45N3O4/c1-8-21(2)27(34-31(38)39-32(5,6)7)30(37)35(25-18-13-19-25)28(26-22(3)14-12-15-23(26)4)29(36)33-20-24-16-10-9-11-17-24/h9-12,14-17,21,25,27-28H,8,13,18-20H2,1-7H3,(H,33,36)(H,34,38). The predicted molar refractivity (Wildman–Crippen MR) is 154 cm³/mol. The Morgan fingerprint density at radius 1 is 1.00 bits per heavy atom. The number of carbonyl (C=O) groups is 3. The molecule has 7 heteroatoms. The third-order valence-electron chi connectivity index (χ3n) is 7.53. The lowest BCUT2D eigenvalue weighted by Gasteiger charge is -2.45. The smallest absolute Gasteiger partial charge is 0.408 e. The van der Waals surface area contributed by atoms with Crippen LogP contribution in [0, 0.1) is 19.8 Å². The molecule has 0 aliphatic heterocycles. The van der Waals surface area contributed by atoms with Crippen molar-refractivity contribution in [1.82, 2.24) is 15.5 Å². The van der Waals surface area contributed by atoms with E-state index < -0.39 is 23.8 Å². The topological polar surface area (TPSA) is 87.7 Å². The van der Waals surface area contributed by atoms with Crippen LogP contribution < -0.4 is 10.6 Å². The Balaban J connectivity index is 2.03. The Morgan fingerprint density at radius 2 is 1.62 bits per heavy atom. The highest BCUT2D eigenvalue weighted by Gasteiger charge is 2.43. The van der Waals surface area contributed by atoms with E-state index in [0.717, 1.165) is 41.5 Å². The molecule has 2 aromatic rings. The van der Waals surface area contributed by atoms with Gasteiger partial charge in [0.15, 0.2) is 0 Å². The Morgan fingerprint density at radius 3 is 2.13 bits per heavy atom. The zero-order valence-electron chi connectivity index (χ0n) is 24.5. The SMILES string of the molecule is CCC(C)C(NC(=O)OC(C)(C)C)C(=O)N(C1CCC1)C(C(=O)NCc1ccccc1)c1c(C)cccc1C. The molecule has 2 N–H and O–H groups in total. The number of aryl methyl sites for hydroxylation is 2. The van der Waals surface area contributed by atoms with Crippen molar-refractivity contribution in [2.45, 2.75) is 104 Å². The molecule has 7 nitrogen and oxygen atoms in total. The maximum absolute atomic E-state index is 14.5. The molecule has 212 valence electrons. The lowest BCUT2D eigenvalue weighted by molar-refractivity contribution is -0.148. The van der Waals surface area contributed by atoms with E-state index in [0.29, 0.717) is 13.0 Å². The summed E-state index contributed by atoms with van der Waals surface area (Å²) in [6.07, 6.45) is 2.68. The summed E-state index contributed by atoms with van der Waals surface area (Å²) >= 11 is 0. The van der Waals surface area contributed by atoms with E-state index in [-0.39, 0.29) is 23.8 Å². The fourth-order valence-electron chi connectivity index (χ4n) is 5.00. The molecule has 1 aliphatic carbocycles. The molecule has 0 bridgehead atoms. The van der Waals surface area contributed by atoms with Gasteiger partial charge in [-0.3, -0.25) is 9.59 Å². The van der Waals surface area contributed by atoms with Crippen molar-refractivity contribution in [1.29, 1.82) is 0 Å². The molecule has 0 saturated heterocycles. The molecule has 2 aromatic carbocycles. The molecule has 1 aliphatic rings. The molecular weight excluding hydrogens is 490 g/mol. The molecule has 0 radical (unpaired) electrons. The van der Waals surface area contributed by atoms with Crippen molar-refractivity contribution in [2.24, 2.45) is 5.92 Å². The van der Waals surface area contributed by atoms with Crippen LogP contribution in [0.25, 0.3) is 0 Å². The first-order valence-electron chi connectivity index (χ1n) is 14.1. The molecule has 0 aromatic heterocycles. The van der Waals surface area contributed by atoms with E-state index in [1.165, 1.54) is 0 Å². The van der Waals surface area contributed by atoms with Crippen LogP contribution in [0.3, 0.4) is 0 Å². The van der Waals surface area contributed by atoms with Crippen LogP contribution >= 0.6 is 0 Å². The predicted octanol–water partition coefficient (Wildman–Crippen LogP) is 5.98. The second kappa shape index (κ2) is 13.1. The average molecular weight is 536 g/mol. The van der Waals surface area contributed by atoms with Crippen LogP contribution in [0.4, 0.5) is 4.79 Å². The van der Waals surface area contributed by atoms with Crippen molar-refractivity contribution >= 4 is 17.9 Å². The number of benzene rings is 2. The van der Waals surface area contributed by atoms with Gasteiger partial charge in [0, 0.05) is 12.6 Å². The van der Waals surface area contributed by atoms with Gasteiger partial charge in [0.25, 0.3) is 0 Å². The summed E-state index contributed by atoms with van der Waals surface area (Å²) in [5.74, 6) is -0.627. The highest BCUT2D eigenvalue weighted by atomic mass is 16.6. The summed E-state index contributed by atoms with van der Waals surface area (Å²) in [4.78, 5) is 43.1. The van der Waals surface area contributed by atoms with Crippen molar-refractivity contribution in [2.75, 3.05) is 0 Å². The summed E-state index contributed by atoms with van der Waals surface area (Å²) in [5.41, 5.74) is 3.03. The Labute approximate surface area is 233 Å². The fourth-order valence-corrected chi connectivity index (χ4v) is 5.00. The van der Waals surface area contributed by atoms with Crippen LogP contribution in [0.2, 0.25) is 0 Å². The average Bonchev–Trinajstić information content (AvgIpc) is 2.84. The third kappa shape index (κ3) is 7.84. The number of ether oxygens (including phenoxy) is 1. The van der Waals surface area contributed by atoms with Crippen molar-refractivity contribution in [3.8, 4) is 0 Å².